The highest BCUT2D eigenvalue weighted by atomic mass is 32.2. The molecule has 3 aliphatic rings. The van der Waals surface area contributed by atoms with Crippen LogP contribution in [0.15, 0.2) is 127 Å². The molecule has 1 aliphatic carbocycles. The fraction of sp³-hybridized carbons (Fsp3) is 0.481. The van der Waals surface area contributed by atoms with Crippen molar-refractivity contribution in [3.8, 4) is 5.75 Å². The van der Waals surface area contributed by atoms with Gasteiger partial charge in [0.2, 0.25) is 11.6 Å². The number of fused-ring (bicyclic) bond motifs is 2. The molecule has 3 aromatic rings. The number of nitrogens with zero attached hydrogens (tertiary/aromatic N) is 5. The van der Waals surface area contributed by atoms with Gasteiger partial charge in [-0.3, -0.25) is 23.0 Å². The Morgan fingerprint density at radius 1 is 0.716 bits per heavy atom. The van der Waals surface area contributed by atoms with Crippen molar-refractivity contribution in [2.75, 3.05) is 76.5 Å². The Hall–Kier alpha value is -5.81. The molecule has 0 atom stereocenters. The first-order chi connectivity index (χ1) is 38.1. The number of amides is 1. The third-order valence-corrected chi connectivity index (χ3v) is 17.4. The molecule has 0 saturated carbocycles. The highest BCUT2D eigenvalue weighted by molar-refractivity contribution is 7.86. The summed E-state index contributed by atoms with van der Waals surface area (Å²) in [6.07, 6.45) is 12.0. The molecular formula is C54H71N6O17S4+. The first-order valence-corrected chi connectivity index (χ1v) is 32.3. The molecule has 442 valence electrons. The van der Waals surface area contributed by atoms with E-state index in [0.717, 1.165) is 22.5 Å². The number of ether oxygens (including phenoxy) is 4. The molecule has 0 bridgehead atoms. The van der Waals surface area contributed by atoms with Crippen LogP contribution in [0, 0.1) is 0 Å². The topological polar surface area (TPSA) is 339 Å². The van der Waals surface area contributed by atoms with Gasteiger partial charge in [0.05, 0.1) is 65.5 Å². The smallest absolute Gasteiger partial charge is 0.294 e. The van der Waals surface area contributed by atoms with E-state index >= 15 is 0 Å². The lowest BCUT2D eigenvalue weighted by atomic mass is 9.81. The number of rotatable bonds is 31. The fourth-order valence-electron chi connectivity index (χ4n) is 9.95. The van der Waals surface area contributed by atoms with Crippen LogP contribution >= 0.6 is 0 Å². The minimum Gasteiger partial charge on any atom is -0.457 e. The lowest BCUT2D eigenvalue weighted by Crippen LogP contribution is -2.28. The highest BCUT2D eigenvalue weighted by Crippen LogP contribution is 2.49. The van der Waals surface area contributed by atoms with Crippen LogP contribution in [-0.2, 0) is 70.3 Å². The highest BCUT2D eigenvalue weighted by Gasteiger charge is 2.45. The summed E-state index contributed by atoms with van der Waals surface area (Å²) in [4.78, 5) is 16.6. The molecule has 0 fully saturated rings. The molecule has 2 aliphatic heterocycles. The zero-order valence-electron chi connectivity index (χ0n) is 45.7. The number of anilines is 1. The molecule has 1 amide bonds. The maximum Gasteiger partial charge on any atom is 0.294 e. The van der Waals surface area contributed by atoms with Crippen LogP contribution in [0.3, 0.4) is 0 Å². The Labute approximate surface area is 474 Å². The van der Waals surface area contributed by atoms with Crippen molar-refractivity contribution in [1.29, 1.82) is 0 Å². The summed E-state index contributed by atoms with van der Waals surface area (Å²) >= 11 is 0. The molecule has 0 spiro atoms. The molecule has 0 aromatic heterocycles. The number of unbranched alkanes of at least 4 members (excludes halogenated alkanes) is 3. The number of azide groups is 1. The van der Waals surface area contributed by atoms with Gasteiger partial charge in [-0.15, -0.1) is 0 Å². The van der Waals surface area contributed by atoms with Gasteiger partial charge >= 0.3 is 0 Å². The summed E-state index contributed by atoms with van der Waals surface area (Å²) in [5.41, 5.74) is 12.2. The van der Waals surface area contributed by atoms with Gasteiger partial charge in [0, 0.05) is 71.9 Å². The zero-order chi connectivity index (χ0) is 59.2. The maximum absolute atomic E-state index is 12.7. The van der Waals surface area contributed by atoms with Crippen LogP contribution in [0.4, 0.5) is 11.4 Å². The molecule has 27 heteroatoms. The molecule has 0 radical (unpaired) electrons. The van der Waals surface area contributed by atoms with Crippen LogP contribution in [0.2, 0.25) is 0 Å². The summed E-state index contributed by atoms with van der Waals surface area (Å²) < 4.78 is 161. The van der Waals surface area contributed by atoms with E-state index in [1.54, 1.807) is 12.1 Å². The minimum absolute atomic E-state index is 0.122. The Balaban J connectivity index is 1.27. The van der Waals surface area contributed by atoms with Crippen LogP contribution in [0.25, 0.3) is 10.4 Å². The van der Waals surface area contributed by atoms with Gasteiger partial charge in [0.1, 0.15) is 18.1 Å². The standard InChI is InChI=1S/C54H70N6O17S4/c1-53(2)45-37-43(80(68,69)70)20-22-47(45)59(28-7-5-6-13-51(61)56-26-30-74-32-34-76-35-33-75-31-27-57-58-55)49(53)24-14-39-11-10-12-40(52(39)77-41-16-18-42(19-17-41)79(65,66)67)15-25-50-54(3,4)46-38-44(81(71,72)73)21-23-48(46)60(50)29-8-9-36-78(62,63)64/h14-25,37-38H,5-13,26-36H2,1-4H3,(H4-,56,61,62,63,64,65,66,67,68,69,70,71,72,73)/p+1. The predicted octanol–water partition coefficient (Wildman–Crippen LogP) is 8.19. The van der Waals surface area contributed by atoms with E-state index in [0.29, 0.717) is 126 Å². The molecule has 5 N–H and O–H groups in total. The lowest BCUT2D eigenvalue weighted by molar-refractivity contribution is -0.438. The number of hydrogen-bond donors (Lipinski definition) is 5. The summed E-state index contributed by atoms with van der Waals surface area (Å²) in [5.74, 6) is 0.103. The number of allylic oxidation sites excluding steroid dienone is 7. The first kappa shape index (κ1) is 64.4. The Kier molecular flexibility index (Phi) is 22.2. The molecular weight excluding hydrogens is 1130 g/mol. The van der Waals surface area contributed by atoms with Crippen LogP contribution in [-0.4, -0.2) is 140 Å². The quantitative estimate of drug-likeness (QED) is 0.0101. The predicted molar refractivity (Wildman–Crippen MR) is 302 cm³/mol. The van der Waals surface area contributed by atoms with Gasteiger partial charge in [-0.05, 0) is 141 Å². The van der Waals surface area contributed by atoms with Gasteiger partial charge < -0.3 is 29.2 Å². The van der Waals surface area contributed by atoms with E-state index in [1.807, 2.05) is 56.6 Å². The average Bonchev–Trinajstić information content (AvgIpc) is 3.73. The van der Waals surface area contributed by atoms with E-state index in [1.165, 1.54) is 48.5 Å². The zero-order valence-corrected chi connectivity index (χ0v) is 49.0. The Morgan fingerprint density at radius 2 is 1.33 bits per heavy atom. The van der Waals surface area contributed by atoms with Crippen molar-refractivity contribution in [2.45, 2.75) is 111 Å². The van der Waals surface area contributed by atoms with E-state index in [2.05, 4.69) is 20.2 Å². The minimum atomic E-state index is -4.58. The maximum atomic E-state index is 12.7. The molecule has 0 unspecified atom stereocenters. The normalized spacial score (nSPS) is 17.3. The van der Waals surface area contributed by atoms with Crippen molar-refractivity contribution < 1.29 is 80.2 Å². The number of nitrogens with one attached hydrogen (secondary N) is 1. The molecule has 6 rings (SSSR count). The Morgan fingerprint density at radius 3 is 1.98 bits per heavy atom. The monoisotopic (exact) mass is 1200 g/mol. The molecule has 2 heterocycles. The molecule has 81 heavy (non-hydrogen) atoms. The van der Waals surface area contributed by atoms with E-state index < -0.39 is 57.1 Å². The van der Waals surface area contributed by atoms with Gasteiger partial charge in [-0.25, -0.2) is 0 Å². The fourth-order valence-corrected chi connectivity index (χ4v) is 12.0. The number of hydrogen-bond acceptors (Lipinski definition) is 15. The molecule has 0 saturated heterocycles. The second kappa shape index (κ2) is 28.0. The second-order valence-corrected chi connectivity index (χ2v) is 26.4. The van der Waals surface area contributed by atoms with Crippen LogP contribution in [0.1, 0.15) is 96.6 Å². The lowest BCUT2D eigenvalue weighted by Gasteiger charge is -2.27. The van der Waals surface area contributed by atoms with Crippen LogP contribution in [0.5, 0.6) is 5.75 Å². The van der Waals surface area contributed by atoms with E-state index in [9.17, 15) is 56.7 Å². The Bertz CT molecular complexity index is 3460. The number of benzene rings is 3. The molecule has 3 aromatic carbocycles. The third kappa shape index (κ3) is 17.8. The summed E-state index contributed by atoms with van der Waals surface area (Å²) in [7, 11) is -17.9. The van der Waals surface area contributed by atoms with Gasteiger partial charge in [0.25, 0.3) is 40.5 Å². The van der Waals surface area contributed by atoms with E-state index in [-0.39, 0.29) is 52.3 Å². The van der Waals surface area contributed by atoms with Crippen molar-refractivity contribution in [3.63, 3.8) is 0 Å². The first-order valence-electron chi connectivity index (χ1n) is 26.3. The van der Waals surface area contributed by atoms with Gasteiger partial charge in [0.15, 0.2) is 5.71 Å². The van der Waals surface area contributed by atoms with Crippen molar-refractivity contribution in [2.24, 2.45) is 5.11 Å². The van der Waals surface area contributed by atoms with Crippen molar-refractivity contribution >= 4 is 63.5 Å². The second-order valence-electron chi connectivity index (χ2n) is 20.5. The number of carbonyl (C=O) groups excluding carboxylic acids is 1. The summed E-state index contributed by atoms with van der Waals surface area (Å²) in [6.45, 7) is 11.1. The van der Waals surface area contributed by atoms with Gasteiger partial charge in [-0.1, -0.05) is 31.5 Å². The van der Waals surface area contributed by atoms with E-state index in [4.69, 9.17) is 24.5 Å². The van der Waals surface area contributed by atoms with Crippen LogP contribution < -0.4 is 15.0 Å². The molecule has 23 nitrogen and oxygen atoms in total. The summed E-state index contributed by atoms with van der Waals surface area (Å²) in [5, 5.41) is 6.25. The average molecular weight is 1200 g/mol. The third-order valence-electron chi connectivity index (χ3n) is 14.1. The largest absolute Gasteiger partial charge is 0.457 e. The van der Waals surface area contributed by atoms with Crippen molar-refractivity contribution in [1.82, 2.24) is 5.32 Å². The SMILES string of the molecule is CC1(C)C(/C=C/C2=C(Oc3ccc(S(=O)(=O)O)cc3)C(=C/C=C3/N(CCCCCC(=O)NCCOCCOCCOCCN=[N+]=[N-])c4ccc(S(=O)(=O)O)cc4C3(C)C)/CCC2)=[N+](CCCCS(=O)(=O)O)c2ccc(S(=O)(=O)O)cc21. The summed E-state index contributed by atoms with van der Waals surface area (Å²) in [6, 6.07) is 14.0. The van der Waals surface area contributed by atoms with Crippen molar-refractivity contribution in [3.05, 3.63) is 129 Å². The number of carbonyl (C=O) groups is 1. The van der Waals surface area contributed by atoms with Gasteiger partial charge in [-0.2, -0.15) is 38.2 Å².